The highest BCUT2D eigenvalue weighted by Gasteiger charge is 2.38. The molecule has 6 nitrogen and oxygen atoms in total. The smallest absolute Gasteiger partial charge is 0.360 e. The van der Waals surface area contributed by atoms with E-state index in [-0.39, 0.29) is 17.6 Å². The Kier molecular flexibility index (Phi) is 5.15. The number of nitrogens with zero attached hydrogens (tertiary/aromatic N) is 2. The maximum atomic E-state index is 11.0. The topological polar surface area (TPSA) is 77.6 Å². The molecule has 124 valence electrons. The zero-order valence-electron chi connectivity index (χ0n) is 13.6. The number of hydrogen-bond acceptors (Lipinski definition) is 2. The van der Waals surface area contributed by atoms with Crippen LogP contribution >= 0.6 is 0 Å². The highest BCUT2D eigenvalue weighted by molar-refractivity contribution is 5.73. The lowest BCUT2D eigenvalue weighted by Crippen LogP contribution is -2.48. The Morgan fingerprint density at radius 3 is 2.30 bits per heavy atom. The predicted molar refractivity (Wildman–Crippen MR) is 85.8 cm³/mol. The molecule has 23 heavy (non-hydrogen) atoms. The molecule has 0 unspecified atom stereocenters. The van der Waals surface area contributed by atoms with Crippen LogP contribution < -0.4 is 0 Å². The van der Waals surface area contributed by atoms with E-state index < -0.39 is 11.9 Å². The zero-order chi connectivity index (χ0) is 17.0. The summed E-state index contributed by atoms with van der Waals surface area (Å²) in [6.07, 6.45) is 11.4. The summed E-state index contributed by atoms with van der Waals surface area (Å²) in [5, 5.41) is 18.1. The number of carbonyl (C=O) groups is 2. The van der Waals surface area contributed by atoms with Crippen LogP contribution in [0.25, 0.3) is 0 Å². The summed E-state index contributed by atoms with van der Waals surface area (Å²) in [6, 6.07) is 0. The first kappa shape index (κ1) is 17.1. The van der Waals surface area contributed by atoms with Gasteiger partial charge in [0.15, 0.2) is 25.8 Å². The van der Waals surface area contributed by atoms with E-state index in [1.165, 1.54) is 11.1 Å². The van der Waals surface area contributed by atoms with Gasteiger partial charge < -0.3 is 10.2 Å². The van der Waals surface area contributed by atoms with Crippen molar-refractivity contribution in [1.82, 2.24) is 0 Å². The van der Waals surface area contributed by atoms with Gasteiger partial charge in [0, 0.05) is 0 Å². The molecule has 1 aliphatic carbocycles. The van der Waals surface area contributed by atoms with Gasteiger partial charge in [-0.15, -0.1) is 4.58 Å². The Morgan fingerprint density at radius 2 is 1.83 bits per heavy atom. The van der Waals surface area contributed by atoms with Crippen LogP contribution in [0.15, 0.2) is 35.7 Å². The predicted octanol–water partition coefficient (Wildman–Crippen LogP) is 1.80. The van der Waals surface area contributed by atoms with Crippen LogP contribution in [0.4, 0.5) is 0 Å². The highest BCUT2D eigenvalue weighted by Crippen LogP contribution is 2.24. The second-order valence-corrected chi connectivity index (χ2v) is 6.51. The molecule has 1 heterocycles. The van der Waals surface area contributed by atoms with Crippen molar-refractivity contribution in [3.05, 3.63) is 35.7 Å². The molecule has 2 N–H and O–H groups in total. The Labute approximate surface area is 135 Å². The van der Waals surface area contributed by atoms with Gasteiger partial charge in [-0.2, -0.15) is 4.48 Å². The number of quaternary nitrogens is 1. The van der Waals surface area contributed by atoms with Gasteiger partial charge in [-0.3, -0.25) is 0 Å². The van der Waals surface area contributed by atoms with E-state index >= 15 is 0 Å². The van der Waals surface area contributed by atoms with Crippen LogP contribution in [-0.4, -0.2) is 57.2 Å². The molecule has 2 rings (SSSR count). The number of rotatable bonds is 7. The van der Waals surface area contributed by atoms with Gasteiger partial charge in [0.25, 0.3) is 0 Å². The molecule has 0 aromatic heterocycles. The van der Waals surface area contributed by atoms with Gasteiger partial charge in [-0.1, -0.05) is 31.6 Å². The lowest BCUT2D eigenvalue weighted by Gasteiger charge is -2.19. The average molecular weight is 320 g/mol. The molecule has 0 aromatic rings. The van der Waals surface area contributed by atoms with E-state index in [0.29, 0.717) is 12.5 Å². The maximum absolute atomic E-state index is 11.0. The highest BCUT2D eigenvalue weighted by atomic mass is 16.4. The minimum absolute atomic E-state index is 0.189. The van der Waals surface area contributed by atoms with Gasteiger partial charge in [0.2, 0.25) is 6.20 Å². The van der Waals surface area contributed by atoms with Crippen molar-refractivity contribution >= 4 is 18.3 Å². The number of carboxylic acids is 2. The Morgan fingerprint density at radius 1 is 1.17 bits per heavy atom. The monoisotopic (exact) mass is 320 g/mol. The van der Waals surface area contributed by atoms with Crippen LogP contribution in [0, 0.1) is 5.92 Å². The van der Waals surface area contributed by atoms with E-state index in [1.54, 1.807) is 18.7 Å². The molecule has 0 saturated heterocycles. The van der Waals surface area contributed by atoms with Gasteiger partial charge in [-0.05, 0) is 24.3 Å². The number of carboxylic acid groups (broad SMARTS) is 2. The van der Waals surface area contributed by atoms with E-state index in [2.05, 4.69) is 26.0 Å². The lowest BCUT2D eigenvalue weighted by molar-refractivity contribution is -0.774. The molecule has 0 spiro atoms. The fourth-order valence-electron chi connectivity index (χ4n) is 2.97. The molecule has 0 amide bonds. The Hall–Kier alpha value is -2.21. The van der Waals surface area contributed by atoms with Gasteiger partial charge in [-0.25, -0.2) is 9.59 Å². The van der Waals surface area contributed by atoms with Crippen molar-refractivity contribution in [3.63, 3.8) is 0 Å². The van der Waals surface area contributed by atoms with Gasteiger partial charge >= 0.3 is 18.3 Å². The molecule has 2 aliphatic rings. The number of allylic oxidation sites excluding steroid dienone is 3. The van der Waals surface area contributed by atoms with Crippen molar-refractivity contribution in [1.29, 1.82) is 0 Å². The van der Waals surface area contributed by atoms with E-state index in [4.69, 9.17) is 10.2 Å². The first-order chi connectivity index (χ1) is 10.8. The van der Waals surface area contributed by atoms with E-state index in [0.717, 1.165) is 12.8 Å². The summed E-state index contributed by atoms with van der Waals surface area (Å²) >= 11 is 0. The Bertz CT molecular complexity index is 611. The maximum Gasteiger partial charge on any atom is 0.360 e. The summed E-state index contributed by atoms with van der Waals surface area (Å²) in [5.41, 5.74) is 2.71. The third kappa shape index (κ3) is 4.63. The molecule has 6 heteroatoms. The van der Waals surface area contributed by atoms with E-state index in [9.17, 15) is 9.59 Å². The SMILES string of the molecule is CC(C)C1=CC=C(C[N+]2=C[N+](CC(=O)O)(CC(=O)O)C=C2)CC1. The first-order valence-electron chi connectivity index (χ1n) is 7.79. The molecular formula is C17H24N2O4+2. The molecule has 0 atom stereocenters. The normalized spacial score (nSPS) is 19.3. The minimum atomic E-state index is -1.02. The fourth-order valence-corrected chi connectivity index (χ4v) is 2.97. The van der Waals surface area contributed by atoms with Crippen molar-refractivity contribution < 1.29 is 28.9 Å². The van der Waals surface area contributed by atoms with Crippen molar-refractivity contribution in [2.24, 2.45) is 5.92 Å². The summed E-state index contributed by atoms with van der Waals surface area (Å²) < 4.78 is 1.69. The molecule has 0 fully saturated rings. The third-order valence-corrected chi connectivity index (χ3v) is 4.19. The number of aliphatic carboxylic acids is 2. The quantitative estimate of drug-likeness (QED) is 0.554. The van der Waals surface area contributed by atoms with Crippen LogP contribution in [0.3, 0.4) is 0 Å². The molecule has 0 aromatic carbocycles. The van der Waals surface area contributed by atoms with Gasteiger partial charge in [0.05, 0.1) is 0 Å². The van der Waals surface area contributed by atoms with Crippen LogP contribution in [0.1, 0.15) is 26.7 Å². The number of hydrogen-bond donors (Lipinski definition) is 2. The standard InChI is InChI=1S/C17H22N2O4/c1-13(2)15-5-3-14(4-6-15)9-18-7-8-19(12-18,10-16(20)21)11-17(22)23/h3,5,7-8,12-13H,4,6,9-11H2,1-2H3/p+2. The summed E-state index contributed by atoms with van der Waals surface area (Å²) in [6.45, 7) is 4.50. The summed E-state index contributed by atoms with van der Waals surface area (Å²) in [7, 11) is 0. The second kappa shape index (κ2) is 6.91. The summed E-state index contributed by atoms with van der Waals surface area (Å²) in [5.74, 6) is -1.48. The van der Waals surface area contributed by atoms with Crippen LogP contribution in [-0.2, 0) is 9.59 Å². The fraction of sp³-hybridized carbons (Fsp3) is 0.471. The van der Waals surface area contributed by atoms with Crippen molar-refractivity contribution in [3.8, 4) is 0 Å². The first-order valence-corrected chi connectivity index (χ1v) is 7.79. The van der Waals surface area contributed by atoms with Gasteiger partial charge in [0.1, 0.15) is 0 Å². The largest absolute Gasteiger partial charge is 0.477 e. The average Bonchev–Trinajstić information content (AvgIpc) is 2.80. The van der Waals surface area contributed by atoms with Crippen molar-refractivity contribution in [2.45, 2.75) is 26.7 Å². The minimum Gasteiger partial charge on any atom is -0.477 e. The third-order valence-electron chi connectivity index (χ3n) is 4.19. The zero-order valence-corrected chi connectivity index (χ0v) is 13.6. The lowest BCUT2D eigenvalue weighted by atomic mass is 9.91. The van der Waals surface area contributed by atoms with E-state index in [1.807, 2.05) is 4.58 Å². The summed E-state index contributed by atoms with van der Waals surface area (Å²) in [4.78, 5) is 22.1. The second-order valence-electron chi connectivity index (χ2n) is 6.51. The van der Waals surface area contributed by atoms with Crippen LogP contribution in [0.2, 0.25) is 0 Å². The molecular weight excluding hydrogens is 296 g/mol. The molecule has 0 bridgehead atoms. The van der Waals surface area contributed by atoms with Crippen molar-refractivity contribution in [2.75, 3.05) is 19.6 Å². The van der Waals surface area contributed by atoms with Crippen LogP contribution in [0.5, 0.6) is 0 Å². The molecule has 0 radical (unpaired) electrons. The Balaban J connectivity index is 2.11. The molecule has 1 aliphatic heterocycles. The molecule has 0 saturated carbocycles.